The quantitative estimate of drug-likeness (QED) is 0.446. The van der Waals surface area contributed by atoms with Crippen LogP contribution in [0.25, 0.3) is 0 Å². The predicted octanol–water partition coefficient (Wildman–Crippen LogP) is 0.733. The van der Waals surface area contributed by atoms with Crippen LogP contribution in [0, 0.1) is 0 Å². The van der Waals surface area contributed by atoms with E-state index in [0.717, 1.165) is 0 Å². The molecule has 0 aliphatic carbocycles. The fraction of sp³-hybridized carbons (Fsp3) is 0.333. The molecule has 0 spiro atoms. The Labute approximate surface area is 48.7 Å². The van der Waals surface area contributed by atoms with Crippen molar-refractivity contribution < 1.29 is 14.0 Å². The van der Waals surface area contributed by atoms with Gasteiger partial charge >= 0.3 is 8.25 Å². The van der Waals surface area contributed by atoms with Crippen LogP contribution in [0.2, 0.25) is 0 Å². The summed E-state index contributed by atoms with van der Waals surface area (Å²) in [5.74, 6) is 0. The van der Waals surface area contributed by atoms with E-state index < -0.39 is 8.25 Å². The normalized spacial score (nSPS) is 11.6. The third-order valence-electron chi connectivity index (χ3n) is 0.325. The third kappa shape index (κ3) is 9.28. The van der Waals surface area contributed by atoms with E-state index in [0.29, 0.717) is 0 Å². The van der Waals surface area contributed by atoms with Crippen LogP contribution in [0.4, 0.5) is 0 Å². The highest BCUT2D eigenvalue weighted by atomic mass is 31.1. The maximum absolute atomic E-state index is 9.67. The highest BCUT2D eigenvalue weighted by Gasteiger charge is 1.83. The van der Waals surface area contributed by atoms with Gasteiger partial charge in [0, 0.05) is 0 Å². The van der Waals surface area contributed by atoms with Gasteiger partial charge in [0.15, 0.2) is 0 Å². The highest BCUT2D eigenvalue weighted by Crippen LogP contribution is 2.12. The second-order valence-corrected chi connectivity index (χ2v) is 1.69. The Morgan fingerprint density at radius 3 is 2.50 bits per heavy atom. The lowest BCUT2D eigenvalue weighted by Crippen LogP contribution is -1.75. The van der Waals surface area contributed by atoms with Crippen LogP contribution < -0.4 is 6.15 Å². The van der Waals surface area contributed by atoms with Gasteiger partial charge in [-0.1, -0.05) is 6.08 Å². The van der Waals surface area contributed by atoms with E-state index in [1.807, 2.05) is 0 Å². The summed E-state index contributed by atoms with van der Waals surface area (Å²) in [4.78, 5) is 7.96. The molecule has 0 aromatic rings. The first kappa shape index (κ1) is 10.8. The molecule has 1 atom stereocenters. The van der Waals surface area contributed by atoms with Crippen molar-refractivity contribution in [2.75, 3.05) is 6.61 Å². The van der Waals surface area contributed by atoms with Gasteiger partial charge in [-0.25, -0.2) is 0 Å². The molecule has 0 bridgehead atoms. The van der Waals surface area contributed by atoms with Gasteiger partial charge in [0.05, 0.1) is 6.61 Å². The van der Waals surface area contributed by atoms with Crippen LogP contribution >= 0.6 is 8.25 Å². The molecule has 4 N–H and O–H groups in total. The van der Waals surface area contributed by atoms with Crippen molar-refractivity contribution in [1.82, 2.24) is 6.15 Å². The fourth-order valence-electron chi connectivity index (χ4n) is 0.130. The largest absolute Gasteiger partial charge is 0.344 e. The average molecular weight is 139 g/mol. The van der Waals surface area contributed by atoms with Crippen molar-refractivity contribution in [1.29, 1.82) is 0 Å². The molecule has 0 aromatic heterocycles. The molecule has 4 nitrogen and oxygen atoms in total. The summed E-state index contributed by atoms with van der Waals surface area (Å²) in [6.07, 6.45) is 1.42. The predicted molar refractivity (Wildman–Crippen MR) is 32.4 cm³/mol. The summed E-state index contributed by atoms with van der Waals surface area (Å²) in [7, 11) is -2.72. The summed E-state index contributed by atoms with van der Waals surface area (Å²) >= 11 is 0. The summed E-state index contributed by atoms with van der Waals surface area (Å²) < 4.78 is 13.8. The SMILES string of the molecule is C=CCO[PH](=O)O.N. The van der Waals surface area contributed by atoms with Gasteiger partial charge in [0.25, 0.3) is 0 Å². The molecular weight excluding hydrogens is 129 g/mol. The van der Waals surface area contributed by atoms with E-state index in [2.05, 4.69) is 11.1 Å². The molecule has 1 unspecified atom stereocenters. The highest BCUT2D eigenvalue weighted by molar-refractivity contribution is 7.32. The van der Waals surface area contributed by atoms with Gasteiger partial charge in [-0.05, 0) is 0 Å². The van der Waals surface area contributed by atoms with E-state index in [4.69, 9.17) is 4.89 Å². The lowest BCUT2D eigenvalue weighted by molar-refractivity contribution is 0.312. The second-order valence-electron chi connectivity index (χ2n) is 0.866. The van der Waals surface area contributed by atoms with Crippen LogP contribution in [0.5, 0.6) is 0 Å². The smallest absolute Gasteiger partial charge is 0.316 e. The molecular formula is C3H10NO3P. The number of rotatable bonds is 3. The first-order chi connectivity index (χ1) is 3.27. The van der Waals surface area contributed by atoms with E-state index in [9.17, 15) is 4.57 Å². The topological polar surface area (TPSA) is 81.5 Å². The summed E-state index contributed by atoms with van der Waals surface area (Å²) in [6, 6.07) is 0. The average Bonchev–Trinajstić information content (AvgIpc) is 1.61. The molecule has 0 aliphatic rings. The molecule has 0 saturated carbocycles. The van der Waals surface area contributed by atoms with E-state index in [1.165, 1.54) is 6.08 Å². The van der Waals surface area contributed by atoms with Crippen molar-refractivity contribution in [3.63, 3.8) is 0 Å². The Bertz CT molecular complexity index is 84.6. The van der Waals surface area contributed by atoms with Crippen molar-refractivity contribution in [3.05, 3.63) is 12.7 Å². The Balaban J connectivity index is 0. The summed E-state index contributed by atoms with van der Waals surface area (Å²) in [5.41, 5.74) is 0. The van der Waals surface area contributed by atoms with Crippen molar-refractivity contribution in [2.45, 2.75) is 0 Å². The van der Waals surface area contributed by atoms with Crippen LogP contribution in [-0.4, -0.2) is 11.5 Å². The maximum atomic E-state index is 9.67. The molecule has 0 rings (SSSR count). The van der Waals surface area contributed by atoms with Gasteiger partial charge in [-0.15, -0.1) is 6.58 Å². The third-order valence-corrected chi connectivity index (χ3v) is 0.738. The lowest BCUT2D eigenvalue weighted by atomic mass is 10.7. The molecule has 0 heterocycles. The fourth-order valence-corrected chi connectivity index (χ4v) is 0.391. The van der Waals surface area contributed by atoms with Crippen LogP contribution in [0.3, 0.4) is 0 Å². The molecule has 0 radical (unpaired) electrons. The van der Waals surface area contributed by atoms with Crippen LogP contribution in [0.1, 0.15) is 0 Å². The van der Waals surface area contributed by atoms with Gasteiger partial charge in [-0.3, -0.25) is 4.57 Å². The Hall–Kier alpha value is -0.150. The zero-order chi connectivity index (χ0) is 5.70. The molecule has 50 valence electrons. The molecule has 0 aliphatic heterocycles. The molecule has 0 aromatic carbocycles. The first-order valence-corrected chi connectivity index (χ1v) is 3.00. The zero-order valence-corrected chi connectivity index (χ0v) is 5.46. The van der Waals surface area contributed by atoms with Gasteiger partial charge < -0.3 is 15.6 Å². The molecule has 8 heavy (non-hydrogen) atoms. The lowest BCUT2D eigenvalue weighted by Gasteiger charge is -1.88. The molecule has 0 amide bonds. The molecule has 0 saturated heterocycles. The molecule has 5 heteroatoms. The van der Waals surface area contributed by atoms with Crippen LogP contribution in [0.15, 0.2) is 12.7 Å². The maximum Gasteiger partial charge on any atom is 0.316 e. The summed E-state index contributed by atoms with van der Waals surface area (Å²) in [6.45, 7) is 3.42. The van der Waals surface area contributed by atoms with Gasteiger partial charge in [0.2, 0.25) is 0 Å². The van der Waals surface area contributed by atoms with Gasteiger partial charge in [-0.2, -0.15) is 0 Å². The van der Waals surface area contributed by atoms with E-state index in [-0.39, 0.29) is 12.8 Å². The Morgan fingerprint density at radius 1 is 1.88 bits per heavy atom. The second kappa shape index (κ2) is 6.85. The minimum Gasteiger partial charge on any atom is -0.344 e. The minimum atomic E-state index is -2.72. The zero-order valence-electron chi connectivity index (χ0n) is 4.46. The van der Waals surface area contributed by atoms with E-state index >= 15 is 0 Å². The van der Waals surface area contributed by atoms with Crippen molar-refractivity contribution in [3.8, 4) is 0 Å². The minimum absolute atomic E-state index is 0. The number of hydrogen-bond acceptors (Lipinski definition) is 3. The summed E-state index contributed by atoms with van der Waals surface area (Å²) in [5, 5.41) is 0. The Kier molecular flexibility index (Phi) is 9.22. The number of hydrogen-bond donors (Lipinski definition) is 2. The van der Waals surface area contributed by atoms with Crippen molar-refractivity contribution in [2.24, 2.45) is 0 Å². The molecule has 0 fully saturated rings. The standard InChI is InChI=1S/C3H7O3P.H3N/c1-2-3-6-7(4)5;/h2,7H,1,3H2,(H,4,5);1H3. The Morgan fingerprint density at radius 2 is 2.38 bits per heavy atom. The van der Waals surface area contributed by atoms with Gasteiger partial charge in [0.1, 0.15) is 0 Å². The van der Waals surface area contributed by atoms with E-state index in [1.54, 1.807) is 0 Å². The van der Waals surface area contributed by atoms with Crippen LogP contribution in [-0.2, 0) is 9.09 Å². The van der Waals surface area contributed by atoms with Crippen molar-refractivity contribution >= 4 is 8.25 Å². The monoisotopic (exact) mass is 139 g/mol. The first-order valence-electron chi connectivity index (χ1n) is 1.74.